The number of aromatic nitrogens is 3. The first-order chi connectivity index (χ1) is 14.9. The lowest BCUT2D eigenvalue weighted by molar-refractivity contribution is -0.117. The molecule has 1 amide bonds. The minimum Gasteiger partial charge on any atom is -0.489 e. The van der Waals surface area contributed by atoms with E-state index in [-0.39, 0.29) is 24.1 Å². The maximum Gasteiger partial charge on any atom is 0.229 e. The Morgan fingerprint density at radius 3 is 2.74 bits per heavy atom. The molecule has 2 aromatic heterocycles. The molecule has 4 rings (SSSR count). The Kier molecular flexibility index (Phi) is 5.63. The Morgan fingerprint density at radius 2 is 2.03 bits per heavy atom. The maximum atomic E-state index is 14.0. The number of anilines is 1. The van der Waals surface area contributed by atoms with Crippen LogP contribution in [0.1, 0.15) is 30.4 Å². The van der Waals surface area contributed by atoms with Gasteiger partial charge in [0, 0.05) is 5.41 Å². The zero-order valence-corrected chi connectivity index (χ0v) is 17.2. The minimum absolute atomic E-state index is 0.171. The Morgan fingerprint density at radius 1 is 1.19 bits per heavy atom. The van der Waals surface area contributed by atoms with Gasteiger partial charge >= 0.3 is 0 Å². The van der Waals surface area contributed by atoms with E-state index in [4.69, 9.17) is 4.74 Å². The number of rotatable bonds is 7. The number of benzene rings is 1. The van der Waals surface area contributed by atoms with Gasteiger partial charge in [-0.3, -0.25) is 4.79 Å². The fourth-order valence-corrected chi connectivity index (χ4v) is 3.76. The molecule has 1 N–H and O–H groups in total. The molecular weight excluding hydrogens is 402 g/mol. The van der Waals surface area contributed by atoms with Gasteiger partial charge in [-0.15, -0.1) is 0 Å². The van der Waals surface area contributed by atoms with Crippen LogP contribution in [0.15, 0.2) is 48.8 Å². The van der Waals surface area contributed by atoms with E-state index in [0.29, 0.717) is 30.0 Å². The van der Waals surface area contributed by atoms with Crippen LogP contribution >= 0.6 is 0 Å². The van der Waals surface area contributed by atoms with E-state index in [9.17, 15) is 13.6 Å². The molecule has 31 heavy (non-hydrogen) atoms. The smallest absolute Gasteiger partial charge is 0.229 e. The summed E-state index contributed by atoms with van der Waals surface area (Å²) >= 11 is 0. The summed E-state index contributed by atoms with van der Waals surface area (Å²) in [7, 11) is 0. The average Bonchev–Trinajstić information content (AvgIpc) is 3.50. The molecule has 2 heterocycles. The Balaban J connectivity index is 1.57. The zero-order valence-electron chi connectivity index (χ0n) is 17.2. The number of amides is 1. The first-order valence-electron chi connectivity index (χ1n) is 10.0. The van der Waals surface area contributed by atoms with Crippen molar-refractivity contribution in [1.29, 1.82) is 0 Å². The molecule has 0 aliphatic heterocycles. The zero-order chi connectivity index (χ0) is 22.0. The van der Waals surface area contributed by atoms with E-state index in [1.54, 1.807) is 18.3 Å². The summed E-state index contributed by atoms with van der Waals surface area (Å²) in [5.41, 5.74) is 0.770. The number of nitrogens with one attached hydrogen (secondary N) is 1. The van der Waals surface area contributed by atoms with E-state index in [1.165, 1.54) is 24.3 Å². The van der Waals surface area contributed by atoms with Crippen LogP contribution in [-0.2, 0) is 16.6 Å². The van der Waals surface area contributed by atoms with E-state index in [0.717, 1.165) is 11.9 Å². The minimum atomic E-state index is -0.692. The second-order valence-electron chi connectivity index (χ2n) is 7.64. The van der Waals surface area contributed by atoms with Gasteiger partial charge in [-0.2, -0.15) is 0 Å². The normalized spacial score (nSPS) is 19.7. The third kappa shape index (κ3) is 4.38. The van der Waals surface area contributed by atoms with Crippen molar-refractivity contribution in [2.75, 3.05) is 11.9 Å². The molecule has 1 saturated carbocycles. The quantitative estimate of drug-likeness (QED) is 0.621. The summed E-state index contributed by atoms with van der Waals surface area (Å²) in [5.74, 6) is -0.127. The van der Waals surface area contributed by atoms with Crippen molar-refractivity contribution < 1.29 is 18.3 Å². The van der Waals surface area contributed by atoms with Crippen LogP contribution in [0, 0.1) is 24.5 Å². The molecule has 0 saturated heterocycles. The predicted molar refractivity (Wildman–Crippen MR) is 111 cm³/mol. The van der Waals surface area contributed by atoms with Crippen molar-refractivity contribution in [3.05, 3.63) is 77.5 Å². The molecule has 0 radical (unpaired) electrons. The number of carbonyl (C=O) groups excluding carboxylic acids is 1. The molecule has 6 nitrogen and oxygen atoms in total. The largest absolute Gasteiger partial charge is 0.489 e. The van der Waals surface area contributed by atoms with Gasteiger partial charge in [0.25, 0.3) is 0 Å². The summed E-state index contributed by atoms with van der Waals surface area (Å²) in [6.07, 6.45) is 3.82. The predicted octanol–water partition coefficient (Wildman–Crippen LogP) is 4.00. The number of hydrogen-bond acceptors (Lipinski definition) is 5. The van der Waals surface area contributed by atoms with E-state index in [1.807, 2.05) is 13.8 Å². The SMILES string of the molecule is CCc1nc(C)ncc1OC[C@@]1(c2cccc(F)c2)C[C@H]1C(=O)Nc1ccc(F)cn1. The van der Waals surface area contributed by atoms with Crippen molar-refractivity contribution >= 4 is 11.7 Å². The molecule has 1 aliphatic carbocycles. The number of hydrogen-bond donors (Lipinski definition) is 1. The van der Waals surface area contributed by atoms with Gasteiger partial charge in [-0.1, -0.05) is 19.1 Å². The highest BCUT2D eigenvalue weighted by Crippen LogP contribution is 2.55. The molecule has 8 heteroatoms. The highest BCUT2D eigenvalue weighted by Gasteiger charge is 2.60. The van der Waals surface area contributed by atoms with Gasteiger partial charge in [0.05, 0.1) is 30.6 Å². The number of carbonyl (C=O) groups is 1. The molecule has 3 aromatic rings. The Hall–Kier alpha value is -3.42. The lowest BCUT2D eigenvalue weighted by atomic mass is 9.93. The number of halogens is 2. The molecule has 1 fully saturated rings. The van der Waals surface area contributed by atoms with Crippen molar-refractivity contribution in [2.45, 2.75) is 32.1 Å². The molecule has 2 atom stereocenters. The monoisotopic (exact) mass is 424 g/mol. The fraction of sp³-hybridized carbons (Fsp3) is 0.304. The van der Waals surface area contributed by atoms with Gasteiger partial charge < -0.3 is 10.1 Å². The van der Waals surface area contributed by atoms with Crippen LogP contribution in [0.2, 0.25) is 0 Å². The van der Waals surface area contributed by atoms with Crippen LogP contribution in [0.4, 0.5) is 14.6 Å². The van der Waals surface area contributed by atoms with Crippen molar-refractivity contribution in [3.8, 4) is 5.75 Å². The van der Waals surface area contributed by atoms with Gasteiger partial charge in [-0.05, 0) is 49.6 Å². The van der Waals surface area contributed by atoms with Gasteiger partial charge in [0.15, 0.2) is 5.75 Å². The second kappa shape index (κ2) is 8.37. The van der Waals surface area contributed by atoms with Crippen LogP contribution in [0.25, 0.3) is 0 Å². The standard InChI is InChI=1S/C23H22F2N4O2/c1-3-19-20(12-26-14(2)28-19)31-13-23(15-5-4-6-16(24)9-15)10-18(23)22(30)29-21-8-7-17(25)11-27-21/h4-9,11-12,18H,3,10,13H2,1-2H3,(H,27,29,30)/t18-,23+/m0/s1. The van der Waals surface area contributed by atoms with Crippen molar-refractivity contribution in [1.82, 2.24) is 15.0 Å². The van der Waals surface area contributed by atoms with E-state index in [2.05, 4.69) is 20.3 Å². The number of pyridine rings is 1. The van der Waals surface area contributed by atoms with Gasteiger partial charge in [0.1, 0.15) is 23.3 Å². The lowest BCUT2D eigenvalue weighted by Crippen LogP contribution is -2.27. The number of ether oxygens (including phenoxy) is 1. The molecule has 0 bridgehead atoms. The highest BCUT2D eigenvalue weighted by atomic mass is 19.1. The van der Waals surface area contributed by atoms with Gasteiger partial charge in [0.2, 0.25) is 5.91 Å². The average molecular weight is 424 g/mol. The third-order valence-corrected chi connectivity index (χ3v) is 5.54. The summed E-state index contributed by atoms with van der Waals surface area (Å²) < 4.78 is 33.1. The molecule has 1 aliphatic rings. The second-order valence-corrected chi connectivity index (χ2v) is 7.64. The summed E-state index contributed by atoms with van der Waals surface area (Å²) in [5, 5.41) is 2.71. The molecule has 0 spiro atoms. The fourth-order valence-electron chi connectivity index (χ4n) is 3.76. The molecular formula is C23H22F2N4O2. The van der Waals surface area contributed by atoms with Crippen LogP contribution in [-0.4, -0.2) is 27.5 Å². The first kappa shape index (κ1) is 20.8. The third-order valence-electron chi connectivity index (χ3n) is 5.54. The highest BCUT2D eigenvalue weighted by molar-refractivity contribution is 5.95. The van der Waals surface area contributed by atoms with Gasteiger partial charge in [-0.25, -0.2) is 23.7 Å². The van der Waals surface area contributed by atoms with Crippen molar-refractivity contribution in [3.63, 3.8) is 0 Å². The van der Waals surface area contributed by atoms with Crippen LogP contribution < -0.4 is 10.1 Å². The van der Waals surface area contributed by atoms with Crippen molar-refractivity contribution in [2.24, 2.45) is 5.92 Å². The molecule has 1 aromatic carbocycles. The summed E-state index contributed by atoms with van der Waals surface area (Å²) in [6.45, 7) is 3.95. The van der Waals surface area contributed by atoms with E-state index >= 15 is 0 Å². The number of aryl methyl sites for hydroxylation is 2. The molecule has 160 valence electrons. The summed E-state index contributed by atoms with van der Waals surface area (Å²) in [4.78, 5) is 25.4. The Labute approximate surface area is 178 Å². The first-order valence-corrected chi connectivity index (χ1v) is 10.0. The maximum absolute atomic E-state index is 14.0. The lowest BCUT2D eigenvalue weighted by Gasteiger charge is -2.20. The topological polar surface area (TPSA) is 77.0 Å². The van der Waals surface area contributed by atoms with E-state index < -0.39 is 17.2 Å². The number of nitrogens with zero attached hydrogens (tertiary/aromatic N) is 3. The molecule has 0 unspecified atom stereocenters. The van der Waals surface area contributed by atoms with Crippen LogP contribution in [0.5, 0.6) is 5.75 Å². The Bertz CT molecular complexity index is 1110. The summed E-state index contributed by atoms with van der Waals surface area (Å²) in [6, 6.07) is 8.82. The van der Waals surface area contributed by atoms with Crippen LogP contribution in [0.3, 0.4) is 0 Å².